The Kier molecular flexibility index (Phi) is 3.41. The van der Waals surface area contributed by atoms with Crippen LogP contribution < -0.4 is 5.32 Å². The fourth-order valence-electron chi connectivity index (χ4n) is 2.41. The third kappa shape index (κ3) is 2.81. The van der Waals surface area contributed by atoms with E-state index in [0.29, 0.717) is 17.8 Å². The van der Waals surface area contributed by atoms with Gasteiger partial charge in [-0.05, 0) is 37.2 Å². The van der Waals surface area contributed by atoms with Gasteiger partial charge >= 0.3 is 5.97 Å². The van der Waals surface area contributed by atoms with Crippen molar-refractivity contribution in [2.24, 2.45) is 11.8 Å². The third-order valence-corrected chi connectivity index (χ3v) is 3.76. The number of anilines is 1. The quantitative estimate of drug-likeness (QED) is 0.847. The number of nitrogens with one attached hydrogen (secondary N) is 1. The average molecular weight is 237 g/mol. The van der Waals surface area contributed by atoms with Crippen LogP contribution in [0.15, 0.2) is 16.5 Å². The fourth-order valence-corrected chi connectivity index (χ4v) is 2.41. The Labute approximate surface area is 101 Å². The molecule has 0 radical (unpaired) electrons. The van der Waals surface area contributed by atoms with Crippen molar-refractivity contribution >= 4 is 11.9 Å². The summed E-state index contributed by atoms with van der Waals surface area (Å²) in [6, 6.07) is 3.57. The Morgan fingerprint density at radius 1 is 1.35 bits per heavy atom. The smallest absolute Gasteiger partial charge is 0.371 e. The molecular weight excluding hydrogens is 218 g/mol. The molecule has 0 saturated heterocycles. The summed E-state index contributed by atoms with van der Waals surface area (Å²) in [6.45, 7) is 4.56. The van der Waals surface area contributed by atoms with E-state index in [-0.39, 0.29) is 5.76 Å². The number of hydrogen-bond acceptors (Lipinski definition) is 3. The van der Waals surface area contributed by atoms with Crippen LogP contribution >= 0.6 is 0 Å². The Morgan fingerprint density at radius 2 is 2.12 bits per heavy atom. The molecule has 2 rings (SSSR count). The largest absolute Gasteiger partial charge is 0.475 e. The minimum Gasteiger partial charge on any atom is -0.475 e. The van der Waals surface area contributed by atoms with E-state index in [1.54, 1.807) is 6.07 Å². The van der Waals surface area contributed by atoms with Crippen LogP contribution in [0.3, 0.4) is 0 Å². The molecule has 4 heteroatoms. The molecular formula is C13H19NO3. The van der Waals surface area contributed by atoms with Crippen molar-refractivity contribution in [2.75, 3.05) is 5.32 Å². The zero-order valence-electron chi connectivity index (χ0n) is 10.3. The van der Waals surface area contributed by atoms with Crippen molar-refractivity contribution in [1.29, 1.82) is 0 Å². The summed E-state index contributed by atoms with van der Waals surface area (Å²) >= 11 is 0. The van der Waals surface area contributed by atoms with Crippen LogP contribution in [0.2, 0.25) is 0 Å². The molecule has 1 aromatic heterocycles. The number of rotatable bonds is 3. The summed E-state index contributed by atoms with van der Waals surface area (Å²) < 4.78 is 5.20. The van der Waals surface area contributed by atoms with Gasteiger partial charge in [-0.2, -0.15) is 0 Å². The monoisotopic (exact) mass is 237 g/mol. The van der Waals surface area contributed by atoms with E-state index in [4.69, 9.17) is 9.52 Å². The third-order valence-electron chi connectivity index (χ3n) is 3.76. The van der Waals surface area contributed by atoms with E-state index in [9.17, 15) is 4.79 Å². The minimum atomic E-state index is -1.02. The van der Waals surface area contributed by atoms with Gasteiger partial charge in [0.1, 0.15) is 0 Å². The molecule has 2 N–H and O–H groups in total. The second kappa shape index (κ2) is 4.82. The molecule has 1 aliphatic rings. The highest BCUT2D eigenvalue weighted by Gasteiger charge is 2.25. The van der Waals surface area contributed by atoms with E-state index in [1.807, 2.05) is 0 Å². The first-order valence-corrected chi connectivity index (χ1v) is 6.16. The van der Waals surface area contributed by atoms with Gasteiger partial charge in [-0.1, -0.05) is 13.8 Å². The molecule has 1 aliphatic carbocycles. The first-order valence-electron chi connectivity index (χ1n) is 6.16. The predicted octanol–water partition coefficient (Wildman–Crippen LogP) is 3.21. The summed E-state index contributed by atoms with van der Waals surface area (Å²) in [4.78, 5) is 10.7. The molecule has 17 heavy (non-hydrogen) atoms. The van der Waals surface area contributed by atoms with Crippen LogP contribution in [0, 0.1) is 11.8 Å². The second-order valence-corrected chi connectivity index (χ2v) is 5.08. The van der Waals surface area contributed by atoms with Crippen LogP contribution in [-0.4, -0.2) is 17.1 Å². The highest BCUT2D eigenvalue weighted by atomic mass is 16.4. The summed E-state index contributed by atoms with van der Waals surface area (Å²) in [5.74, 6) is 1.01. The van der Waals surface area contributed by atoms with E-state index in [0.717, 1.165) is 18.8 Å². The molecule has 3 unspecified atom stereocenters. The molecule has 1 fully saturated rings. The lowest BCUT2D eigenvalue weighted by Crippen LogP contribution is -2.30. The molecule has 0 bridgehead atoms. The van der Waals surface area contributed by atoms with Gasteiger partial charge in [0.2, 0.25) is 5.76 Å². The van der Waals surface area contributed by atoms with E-state index in [1.165, 1.54) is 12.5 Å². The Balaban J connectivity index is 1.94. The number of aromatic carboxylic acids is 1. The fraction of sp³-hybridized carbons (Fsp3) is 0.615. The number of hydrogen-bond donors (Lipinski definition) is 2. The van der Waals surface area contributed by atoms with Gasteiger partial charge in [-0.25, -0.2) is 4.79 Å². The van der Waals surface area contributed by atoms with Crippen molar-refractivity contribution in [3.8, 4) is 0 Å². The maximum atomic E-state index is 10.7. The van der Waals surface area contributed by atoms with Gasteiger partial charge in [-0.15, -0.1) is 0 Å². The molecule has 1 aromatic rings. The van der Waals surface area contributed by atoms with Crippen molar-refractivity contribution in [2.45, 2.75) is 39.2 Å². The molecule has 0 spiro atoms. The summed E-state index contributed by atoms with van der Waals surface area (Å²) in [6.07, 6.45) is 3.45. The van der Waals surface area contributed by atoms with Crippen molar-refractivity contribution in [3.63, 3.8) is 0 Å². The summed E-state index contributed by atoms with van der Waals surface area (Å²) in [7, 11) is 0. The van der Waals surface area contributed by atoms with Crippen LogP contribution in [-0.2, 0) is 0 Å². The van der Waals surface area contributed by atoms with Crippen molar-refractivity contribution < 1.29 is 14.3 Å². The van der Waals surface area contributed by atoms with Crippen LogP contribution in [0.1, 0.15) is 43.7 Å². The van der Waals surface area contributed by atoms with E-state index >= 15 is 0 Å². The van der Waals surface area contributed by atoms with Crippen molar-refractivity contribution in [3.05, 3.63) is 17.9 Å². The normalized spacial score (nSPS) is 28.9. The lowest BCUT2D eigenvalue weighted by molar-refractivity contribution is 0.0663. The zero-order chi connectivity index (χ0) is 12.4. The maximum Gasteiger partial charge on any atom is 0.371 e. The summed E-state index contributed by atoms with van der Waals surface area (Å²) in [5.41, 5.74) is 0. The standard InChI is InChI=1S/C13H19NO3/c1-8-3-4-10(7-9(8)2)14-12-6-5-11(17-12)13(15)16/h5-6,8-10,14H,3-4,7H2,1-2H3,(H,15,16). The van der Waals surface area contributed by atoms with Gasteiger partial charge in [0.15, 0.2) is 5.88 Å². The Bertz CT molecular complexity index is 399. The van der Waals surface area contributed by atoms with E-state index in [2.05, 4.69) is 19.2 Å². The second-order valence-electron chi connectivity index (χ2n) is 5.08. The Hall–Kier alpha value is -1.45. The van der Waals surface area contributed by atoms with Gasteiger partial charge in [0.05, 0.1) is 0 Å². The first kappa shape index (κ1) is 12.0. The minimum absolute atomic E-state index is 0.00951. The van der Waals surface area contributed by atoms with E-state index < -0.39 is 5.97 Å². The van der Waals surface area contributed by atoms with Crippen LogP contribution in [0.25, 0.3) is 0 Å². The molecule has 0 amide bonds. The average Bonchev–Trinajstić information content (AvgIpc) is 2.72. The topological polar surface area (TPSA) is 62.5 Å². The molecule has 1 heterocycles. The van der Waals surface area contributed by atoms with Crippen molar-refractivity contribution in [1.82, 2.24) is 0 Å². The highest BCUT2D eigenvalue weighted by Crippen LogP contribution is 2.31. The number of furan rings is 1. The van der Waals surface area contributed by atoms with Gasteiger partial charge in [0, 0.05) is 12.1 Å². The summed E-state index contributed by atoms with van der Waals surface area (Å²) in [5, 5.41) is 12.0. The van der Waals surface area contributed by atoms with Gasteiger partial charge in [-0.3, -0.25) is 0 Å². The zero-order valence-corrected chi connectivity index (χ0v) is 10.3. The molecule has 0 aromatic carbocycles. The number of carboxylic acids is 1. The first-order chi connectivity index (χ1) is 8.06. The number of carboxylic acid groups (broad SMARTS) is 1. The van der Waals surface area contributed by atoms with Gasteiger partial charge < -0.3 is 14.8 Å². The lowest BCUT2D eigenvalue weighted by atomic mass is 9.79. The molecule has 1 saturated carbocycles. The molecule has 0 aliphatic heterocycles. The molecule has 94 valence electrons. The predicted molar refractivity (Wildman–Crippen MR) is 65.3 cm³/mol. The SMILES string of the molecule is CC1CCC(Nc2ccc(C(=O)O)o2)CC1C. The number of carbonyl (C=O) groups is 1. The van der Waals surface area contributed by atoms with Gasteiger partial charge in [0.25, 0.3) is 0 Å². The lowest BCUT2D eigenvalue weighted by Gasteiger charge is -2.32. The molecule has 3 atom stereocenters. The maximum absolute atomic E-state index is 10.7. The molecule has 4 nitrogen and oxygen atoms in total. The highest BCUT2D eigenvalue weighted by molar-refractivity contribution is 5.84. The Morgan fingerprint density at radius 3 is 2.71 bits per heavy atom. The van der Waals surface area contributed by atoms with Crippen LogP contribution in [0.4, 0.5) is 5.88 Å². The van der Waals surface area contributed by atoms with Crippen LogP contribution in [0.5, 0.6) is 0 Å².